The van der Waals surface area contributed by atoms with Crippen LogP contribution in [0.2, 0.25) is 5.02 Å². The number of alkyl halides is 2. The third-order valence-electron chi connectivity index (χ3n) is 9.06. The molecule has 0 aliphatic carbocycles. The van der Waals surface area contributed by atoms with Crippen molar-refractivity contribution in [2.45, 2.75) is 43.3 Å². The van der Waals surface area contributed by atoms with E-state index in [1.165, 1.54) is 18.2 Å². The van der Waals surface area contributed by atoms with Gasteiger partial charge in [0, 0.05) is 79.5 Å². The molecule has 13 heteroatoms. The summed E-state index contributed by atoms with van der Waals surface area (Å²) in [5, 5.41) is 1.21. The van der Waals surface area contributed by atoms with Gasteiger partial charge in [0.1, 0.15) is 11.6 Å². The normalized spacial score (nSPS) is 22.8. The summed E-state index contributed by atoms with van der Waals surface area (Å²) >= 11 is 8.62. The quantitative estimate of drug-likeness (QED) is 0.331. The standard InChI is InChI=1S/C32H36ClF3N6O2S/c1-4-27(43)40-14-20(3)41(15-19(40)2)31-24-13-25(33)28(21-5-7-22(34)8-6-21)30-29(24)42(32(44)37-31)23(18-45-30)16-38-9-11-39(12-10-38)17-26(35)36/h4-8,13,19-20,23,26H,1,9-12,14-18H2,2-3H3/t19-,20+,23+/m1/s1. The largest absolute Gasteiger partial charge is 0.350 e. The summed E-state index contributed by atoms with van der Waals surface area (Å²) < 4.78 is 41.5. The number of hydrogen-bond donors (Lipinski definition) is 0. The van der Waals surface area contributed by atoms with Gasteiger partial charge in [0.05, 0.1) is 23.1 Å². The van der Waals surface area contributed by atoms with Gasteiger partial charge in [-0.2, -0.15) is 4.98 Å². The molecule has 3 aliphatic heterocycles. The number of anilines is 1. The second-order valence-corrected chi connectivity index (χ2v) is 13.5. The number of hydrogen-bond acceptors (Lipinski definition) is 7. The highest BCUT2D eigenvalue weighted by Gasteiger charge is 2.36. The molecule has 0 unspecified atom stereocenters. The van der Waals surface area contributed by atoms with Gasteiger partial charge in [0.2, 0.25) is 5.91 Å². The summed E-state index contributed by atoms with van der Waals surface area (Å²) in [5.41, 5.74) is 1.84. The van der Waals surface area contributed by atoms with Crippen molar-refractivity contribution in [1.82, 2.24) is 24.3 Å². The van der Waals surface area contributed by atoms with Gasteiger partial charge in [-0.25, -0.2) is 18.0 Å². The molecular formula is C32H36ClF3N6O2S. The van der Waals surface area contributed by atoms with Crippen molar-refractivity contribution >= 4 is 46.0 Å². The Morgan fingerprint density at radius 1 is 1.11 bits per heavy atom. The summed E-state index contributed by atoms with van der Waals surface area (Å²) in [6.45, 7) is 11.2. The Bertz CT molecular complexity index is 1660. The second-order valence-electron chi connectivity index (χ2n) is 12.1. The highest BCUT2D eigenvalue weighted by atomic mass is 35.5. The van der Waals surface area contributed by atoms with Crippen LogP contribution >= 0.6 is 23.4 Å². The maximum atomic E-state index is 14.1. The number of rotatable bonds is 7. The molecule has 3 aliphatic rings. The molecule has 3 aromatic rings. The van der Waals surface area contributed by atoms with Crippen LogP contribution in [-0.4, -0.2) is 107 Å². The molecule has 1 aromatic heterocycles. The molecule has 1 amide bonds. The Morgan fingerprint density at radius 3 is 2.47 bits per heavy atom. The lowest BCUT2D eigenvalue weighted by Gasteiger charge is -2.45. The number of amides is 1. The lowest BCUT2D eigenvalue weighted by Crippen LogP contribution is -2.58. The summed E-state index contributed by atoms with van der Waals surface area (Å²) in [6.07, 6.45) is -1.05. The van der Waals surface area contributed by atoms with Gasteiger partial charge in [-0.05, 0) is 43.7 Å². The summed E-state index contributed by atoms with van der Waals surface area (Å²) in [5.74, 6) is 0.614. The third-order valence-corrected chi connectivity index (χ3v) is 10.6. The maximum Gasteiger partial charge on any atom is 0.350 e. The van der Waals surface area contributed by atoms with E-state index in [-0.39, 0.29) is 42.1 Å². The van der Waals surface area contributed by atoms with E-state index in [2.05, 4.69) is 21.4 Å². The highest BCUT2D eigenvalue weighted by molar-refractivity contribution is 7.99. The number of carbonyl (C=O) groups excluding carboxylic acids is 1. The molecule has 4 heterocycles. The van der Waals surface area contributed by atoms with E-state index in [1.807, 2.05) is 19.9 Å². The van der Waals surface area contributed by atoms with Crippen LogP contribution < -0.4 is 10.6 Å². The zero-order valence-electron chi connectivity index (χ0n) is 25.3. The fourth-order valence-corrected chi connectivity index (χ4v) is 8.49. The number of carbonyl (C=O) groups is 1. The number of halogens is 4. The van der Waals surface area contributed by atoms with Crippen molar-refractivity contribution in [2.75, 3.05) is 63.0 Å². The Balaban J connectivity index is 1.44. The fourth-order valence-electron chi connectivity index (χ4n) is 6.79. The fraction of sp³-hybridized carbons (Fsp3) is 0.469. The van der Waals surface area contributed by atoms with Crippen molar-refractivity contribution < 1.29 is 18.0 Å². The predicted molar refractivity (Wildman–Crippen MR) is 173 cm³/mol. The van der Waals surface area contributed by atoms with Gasteiger partial charge in [-0.1, -0.05) is 30.3 Å². The zero-order chi connectivity index (χ0) is 32.0. The molecule has 6 rings (SSSR count). The lowest BCUT2D eigenvalue weighted by molar-refractivity contribution is -0.128. The van der Waals surface area contributed by atoms with Crippen LogP contribution in [0.15, 0.2) is 52.7 Å². The van der Waals surface area contributed by atoms with Gasteiger partial charge in [0.15, 0.2) is 0 Å². The van der Waals surface area contributed by atoms with Crippen molar-refractivity contribution in [3.8, 4) is 11.1 Å². The second kappa shape index (κ2) is 13.0. The van der Waals surface area contributed by atoms with Crippen molar-refractivity contribution in [3.63, 3.8) is 0 Å². The van der Waals surface area contributed by atoms with Crippen LogP contribution in [0.25, 0.3) is 22.0 Å². The Morgan fingerprint density at radius 2 is 1.80 bits per heavy atom. The van der Waals surface area contributed by atoms with E-state index in [0.29, 0.717) is 62.4 Å². The average Bonchev–Trinajstić information content (AvgIpc) is 3.01. The minimum absolute atomic E-state index is 0.133. The van der Waals surface area contributed by atoms with E-state index < -0.39 is 6.43 Å². The van der Waals surface area contributed by atoms with Gasteiger partial charge < -0.3 is 9.80 Å². The molecule has 45 heavy (non-hydrogen) atoms. The molecule has 240 valence electrons. The van der Waals surface area contributed by atoms with Gasteiger partial charge in [-0.3, -0.25) is 19.2 Å². The van der Waals surface area contributed by atoms with E-state index in [0.717, 1.165) is 26.9 Å². The van der Waals surface area contributed by atoms with Crippen LogP contribution in [0.5, 0.6) is 0 Å². The highest BCUT2D eigenvalue weighted by Crippen LogP contribution is 2.47. The number of piperazine rings is 2. The van der Waals surface area contributed by atoms with Gasteiger partial charge in [-0.15, -0.1) is 11.8 Å². The van der Waals surface area contributed by atoms with E-state index in [1.54, 1.807) is 38.3 Å². The van der Waals surface area contributed by atoms with E-state index in [4.69, 9.17) is 11.6 Å². The molecule has 8 nitrogen and oxygen atoms in total. The smallest absolute Gasteiger partial charge is 0.349 e. The molecule has 0 radical (unpaired) electrons. The molecule has 2 aromatic carbocycles. The van der Waals surface area contributed by atoms with Crippen LogP contribution in [0.1, 0.15) is 19.9 Å². The van der Waals surface area contributed by atoms with Crippen LogP contribution in [0.3, 0.4) is 0 Å². The van der Waals surface area contributed by atoms with Gasteiger partial charge in [0.25, 0.3) is 6.43 Å². The van der Waals surface area contributed by atoms with Crippen molar-refractivity contribution in [3.05, 3.63) is 64.3 Å². The Labute approximate surface area is 269 Å². The van der Waals surface area contributed by atoms with Crippen LogP contribution in [-0.2, 0) is 4.79 Å². The molecule has 0 bridgehead atoms. The number of aromatic nitrogens is 2. The molecule has 2 saturated heterocycles. The van der Waals surface area contributed by atoms with Crippen molar-refractivity contribution in [1.29, 1.82) is 0 Å². The van der Waals surface area contributed by atoms with Crippen molar-refractivity contribution in [2.24, 2.45) is 0 Å². The summed E-state index contributed by atoms with van der Waals surface area (Å²) in [7, 11) is 0. The van der Waals surface area contributed by atoms with Gasteiger partial charge >= 0.3 is 5.69 Å². The SMILES string of the molecule is C=CC(=O)N1C[C@H](C)N(c2nc(=O)n3c4c(c(-c5ccc(F)cc5)c(Cl)cc24)SC[C@@H]3CN2CCN(CC(F)F)CC2)C[C@H]1C. The molecule has 0 N–H and O–H groups in total. The maximum absolute atomic E-state index is 14.1. The zero-order valence-corrected chi connectivity index (χ0v) is 26.8. The van der Waals surface area contributed by atoms with E-state index >= 15 is 0 Å². The first-order valence-corrected chi connectivity index (χ1v) is 16.5. The minimum Gasteiger partial charge on any atom is -0.349 e. The number of benzene rings is 2. The summed E-state index contributed by atoms with van der Waals surface area (Å²) in [4.78, 5) is 39.9. The number of thioether (sulfide) groups is 1. The minimum atomic E-state index is -2.36. The first-order valence-electron chi connectivity index (χ1n) is 15.2. The Hall–Kier alpha value is -3.06. The molecule has 3 atom stereocenters. The average molecular weight is 661 g/mol. The third kappa shape index (κ3) is 6.22. The van der Waals surface area contributed by atoms with E-state index in [9.17, 15) is 22.8 Å². The number of nitrogens with zero attached hydrogens (tertiary/aromatic N) is 6. The van der Waals surface area contributed by atoms with Crippen LogP contribution in [0, 0.1) is 5.82 Å². The Kier molecular flexibility index (Phi) is 9.20. The molecule has 0 spiro atoms. The molecule has 2 fully saturated rings. The monoisotopic (exact) mass is 660 g/mol. The predicted octanol–water partition coefficient (Wildman–Crippen LogP) is 5.00. The van der Waals surface area contributed by atoms with Crippen LogP contribution in [0.4, 0.5) is 19.0 Å². The topological polar surface area (TPSA) is 64.9 Å². The summed E-state index contributed by atoms with van der Waals surface area (Å²) in [6, 6.07) is 7.53. The molecular weight excluding hydrogens is 625 g/mol. The first-order chi connectivity index (χ1) is 21.5. The lowest BCUT2D eigenvalue weighted by atomic mass is 10.0. The molecule has 0 saturated carbocycles. The first kappa shape index (κ1) is 31.9.